The van der Waals surface area contributed by atoms with Crippen LogP contribution in [0.4, 0.5) is 5.69 Å². The molecule has 0 saturated heterocycles. The minimum absolute atomic E-state index is 0.766. The third-order valence-electron chi connectivity index (χ3n) is 3.23. The topological polar surface area (TPSA) is 47.7 Å². The van der Waals surface area contributed by atoms with Gasteiger partial charge in [0.1, 0.15) is 0 Å². The van der Waals surface area contributed by atoms with Crippen LogP contribution in [0, 0.1) is 0 Å². The molecule has 0 atom stereocenters. The molecule has 0 unspecified atom stereocenters. The molecule has 3 rings (SSSR count). The quantitative estimate of drug-likeness (QED) is 0.771. The molecule has 0 bridgehead atoms. The maximum atomic E-state index is 4.22. The van der Waals surface area contributed by atoms with Gasteiger partial charge >= 0.3 is 0 Å². The van der Waals surface area contributed by atoms with Crippen molar-refractivity contribution in [3.63, 3.8) is 0 Å². The second-order valence-corrected chi connectivity index (χ2v) is 4.70. The Morgan fingerprint density at radius 2 is 2.05 bits per heavy atom. The number of aromatic nitrogens is 4. The van der Waals surface area contributed by atoms with Crippen LogP contribution < -0.4 is 5.32 Å². The Labute approximate surface area is 117 Å². The van der Waals surface area contributed by atoms with Gasteiger partial charge in [0.05, 0.1) is 18.8 Å². The Morgan fingerprint density at radius 3 is 2.80 bits per heavy atom. The van der Waals surface area contributed by atoms with E-state index in [9.17, 15) is 0 Å². The van der Waals surface area contributed by atoms with Crippen LogP contribution in [0.5, 0.6) is 0 Å². The number of hydrogen-bond donors (Lipinski definition) is 1. The van der Waals surface area contributed by atoms with Crippen LogP contribution in [0.15, 0.2) is 55.0 Å². The molecule has 0 fully saturated rings. The van der Waals surface area contributed by atoms with Crippen molar-refractivity contribution in [2.24, 2.45) is 7.05 Å². The summed E-state index contributed by atoms with van der Waals surface area (Å²) in [6.45, 7) is 1.55. The van der Waals surface area contributed by atoms with E-state index < -0.39 is 0 Å². The van der Waals surface area contributed by atoms with Gasteiger partial charge in [-0.3, -0.25) is 9.36 Å². The van der Waals surface area contributed by atoms with E-state index in [1.54, 1.807) is 6.20 Å². The van der Waals surface area contributed by atoms with Crippen LogP contribution >= 0.6 is 0 Å². The van der Waals surface area contributed by atoms with Gasteiger partial charge in [-0.1, -0.05) is 12.1 Å². The lowest BCUT2D eigenvalue weighted by Gasteiger charge is -2.09. The maximum Gasteiger partial charge on any atom is 0.0660 e. The highest BCUT2D eigenvalue weighted by atomic mass is 15.3. The van der Waals surface area contributed by atoms with Crippen molar-refractivity contribution < 1.29 is 0 Å². The van der Waals surface area contributed by atoms with E-state index in [1.807, 2.05) is 40.9 Å². The normalized spacial score (nSPS) is 10.7. The van der Waals surface area contributed by atoms with Gasteiger partial charge in [0.2, 0.25) is 0 Å². The predicted molar refractivity (Wildman–Crippen MR) is 78.3 cm³/mol. The molecule has 2 heterocycles. The summed E-state index contributed by atoms with van der Waals surface area (Å²) in [5, 5.41) is 11.8. The minimum Gasteiger partial charge on any atom is -0.379 e. The number of anilines is 1. The van der Waals surface area contributed by atoms with Crippen molar-refractivity contribution in [2.75, 3.05) is 5.32 Å². The smallest absolute Gasteiger partial charge is 0.0660 e. The number of hydrogen-bond acceptors (Lipinski definition) is 3. The molecule has 5 heteroatoms. The van der Waals surface area contributed by atoms with Gasteiger partial charge in [-0.15, -0.1) is 0 Å². The Bertz CT molecular complexity index is 669. The summed E-state index contributed by atoms with van der Waals surface area (Å²) < 4.78 is 3.79. The van der Waals surface area contributed by atoms with Gasteiger partial charge in [0.15, 0.2) is 0 Å². The fourth-order valence-electron chi connectivity index (χ4n) is 2.13. The Morgan fingerprint density at radius 1 is 1.10 bits per heavy atom. The lowest BCUT2D eigenvalue weighted by molar-refractivity contribution is 0.687. The largest absolute Gasteiger partial charge is 0.379 e. The summed E-state index contributed by atoms with van der Waals surface area (Å²) in [7, 11) is 1.95. The van der Waals surface area contributed by atoms with Crippen LogP contribution in [0.25, 0.3) is 0 Å². The molecule has 0 saturated carbocycles. The monoisotopic (exact) mass is 267 g/mol. The number of benzene rings is 1. The van der Waals surface area contributed by atoms with Gasteiger partial charge in [-0.2, -0.15) is 10.2 Å². The third-order valence-corrected chi connectivity index (χ3v) is 3.23. The zero-order chi connectivity index (χ0) is 13.8. The van der Waals surface area contributed by atoms with Crippen molar-refractivity contribution in [1.29, 1.82) is 0 Å². The highest BCUT2D eigenvalue weighted by Gasteiger charge is 2.00. The fraction of sp³-hybridized carbons (Fsp3) is 0.200. The molecule has 0 aliphatic rings. The first kappa shape index (κ1) is 12.5. The summed E-state index contributed by atoms with van der Waals surface area (Å²) in [5.41, 5.74) is 3.49. The summed E-state index contributed by atoms with van der Waals surface area (Å²) >= 11 is 0. The summed E-state index contributed by atoms with van der Waals surface area (Å²) in [6, 6.07) is 12.3. The van der Waals surface area contributed by atoms with E-state index >= 15 is 0 Å². The molecular formula is C15H17N5. The Hall–Kier alpha value is -2.56. The molecule has 0 aliphatic carbocycles. The van der Waals surface area contributed by atoms with Crippen molar-refractivity contribution >= 4 is 5.69 Å². The fourth-order valence-corrected chi connectivity index (χ4v) is 2.13. The lowest BCUT2D eigenvalue weighted by atomic mass is 10.2. The molecule has 3 aromatic rings. The van der Waals surface area contributed by atoms with E-state index in [-0.39, 0.29) is 0 Å². The van der Waals surface area contributed by atoms with E-state index in [0.29, 0.717) is 0 Å². The number of nitrogens with one attached hydrogen (secondary N) is 1. The van der Waals surface area contributed by atoms with E-state index in [4.69, 9.17) is 0 Å². The average Bonchev–Trinajstić information content (AvgIpc) is 3.09. The molecule has 0 amide bonds. The molecule has 102 valence electrons. The highest BCUT2D eigenvalue weighted by molar-refractivity contribution is 5.46. The van der Waals surface area contributed by atoms with Gasteiger partial charge in [0, 0.05) is 31.3 Å². The molecule has 0 radical (unpaired) electrons. The van der Waals surface area contributed by atoms with Gasteiger partial charge in [-0.25, -0.2) is 0 Å². The number of rotatable bonds is 5. The summed E-state index contributed by atoms with van der Waals surface area (Å²) in [4.78, 5) is 0. The zero-order valence-electron chi connectivity index (χ0n) is 11.4. The Balaban J connectivity index is 1.67. The molecule has 0 spiro atoms. The van der Waals surface area contributed by atoms with Crippen LogP contribution in [0.1, 0.15) is 11.3 Å². The first-order valence-electron chi connectivity index (χ1n) is 6.58. The highest BCUT2D eigenvalue weighted by Crippen LogP contribution is 2.13. The van der Waals surface area contributed by atoms with Crippen molar-refractivity contribution in [2.45, 2.75) is 13.1 Å². The molecule has 2 aromatic heterocycles. The SMILES string of the molecule is Cn1nccc1CNc1cccc(Cn2cccn2)c1. The third kappa shape index (κ3) is 2.88. The number of nitrogens with zero attached hydrogens (tertiary/aromatic N) is 4. The van der Waals surface area contributed by atoms with Crippen molar-refractivity contribution in [1.82, 2.24) is 19.6 Å². The second kappa shape index (κ2) is 5.61. The van der Waals surface area contributed by atoms with E-state index in [1.165, 1.54) is 5.56 Å². The van der Waals surface area contributed by atoms with Crippen LogP contribution in [-0.4, -0.2) is 19.6 Å². The molecule has 0 aliphatic heterocycles. The first-order valence-corrected chi connectivity index (χ1v) is 6.58. The molecule has 20 heavy (non-hydrogen) atoms. The zero-order valence-corrected chi connectivity index (χ0v) is 11.4. The van der Waals surface area contributed by atoms with E-state index in [2.05, 4.69) is 39.8 Å². The number of aryl methyl sites for hydroxylation is 1. The van der Waals surface area contributed by atoms with Crippen LogP contribution in [0.2, 0.25) is 0 Å². The summed E-state index contributed by atoms with van der Waals surface area (Å²) in [6.07, 6.45) is 5.57. The van der Waals surface area contributed by atoms with Gasteiger partial charge < -0.3 is 5.32 Å². The Kier molecular flexibility index (Phi) is 3.50. The second-order valence-electron chi connectivity index (χ2n) is 4.70. The van der Waals surface area contributed by atoms with Gasteiger partial charge in [-0.05, 0) is 29.8 Å². The van der Waals surface area contributed by atoms with E-state index in [0.717, 1.165) is 24.5 Å². The standard InChI is InChI=1S/C15H17N5/c1-19-15(6-8-17-19)11-16-14-5-2-4-13(10-14)12-20-9-3-7-18-20/h2-10,16H,11-12H2,1H3. The molecule has 1 N–H and O–H groups in total. The van der Waals surface area contributed by atoms with Crippen molar-refractivity contribution in [3.8, 4) is 0 Å². The summed E-state index contributed by atoms with van der Waals surface area (Å²) in [5.74, 6) is 0. The average molecular weight is 267 g/mol. The maximum absolute atomic E-state index is 4.22. The predicted octanol–water partition coefficient (Wildman–Crippen LogP) is 2.28. The molecular weight excluding hydrogens is 250 g/mol. The lowest BCUT2D eigenvalue weighted by Crippen LogP contribution is -2.06. The van der Waals surface area contributed by atoms with Crippen LogP contribution in [-0.2, 0) is 20.1 Å². The van der Waals surface area contributed by atoms with Crippen molar-refractivity contribution in [3.05, 3.63) is 66.2 Å². The molecule has 1 aromatic carbocycles. The van der Waals surface area contributed by atoms with Crippen LogP contribution in [0.3, 0.4) is 0 Å². The molecule has 5 nitrogen and oxygen atoms in total. The van der Waals surface area contributed by atoms with Gasteiger partial charge in [0.25, 0.3) is 0 Å². The first-order chi connectivity index (χ1) is 9.81. The minimum atomic E-state index is 0.766.